The van der Waals surface area contributed by atoms with Gasteiger partial charge in [0.1, 0.15) is 5.82 Å². The van der Waals surface area contributed by atoms with Crippen molar-refractivity contribution in [2.24, 2.45) is 0 Å². The van der Waals surface area contributed by atoms with Crippen molar-refractivity contribution < 1.29 is 9.18 Å². The molecule has 0 aliphatic carbocycles. The van der Waals surface area contributed by atoms with Gasteiger partial charge in [0.2, 0.25) is 0 Å². The van der Waals surface area contributed by atoms with Crippen molar-refractivity contribution in [3.8, 4) is 0 Å². The van der Waals surface area contributed by atoms with Crippen LogP contribution in [0.15, 0.2) is 48.5 Å². The van der Waals surface area contributed by atoms with Crippen LogP contribution in [-0.4, -0.2) is 12.6 Å². The summed E-state index contributed by atoms with van der Waals surface area (Å²) in [6, 6.07) is 12.9. The first kappa shape index (κ1) is 13.9. The fourth-order valence-corrected chi connectivity index (χ4v) is 1.75. The lowest BCUT2D eigenvalue weighted by Gasteiger charge is -2.09. The van der Waals surface area contributed by atoms with E-state index in [1.54, 1.807) is 36.4 Å². The summed E-state index contributed by atoms with van der Waals surface area (Å²) < 4.78 is 12.7. The Balaban J connectivity index is 1.78. The summed E-state index contributed by atoms with van der Waals surface area (Å²) in [4.78, 5) is 11.7. The third kappa shape index (κ3) is 3.98. The zero-order valence-electron chi connectivity index (χ0n) is 10.9. The molecule has 0 saturated carbocycles. The molecule has 2 aromatic rings. The Hall–Kier alpha value is -2.56. The van der Waals surface area contributed by atoms with Crippen LogP contribution in [0.25, 0.3) is 0 Å². The maximum absolute atomic E-state index is 12.7. The molecule has 2 rings (SSSR count). The molecule has 0 atom stereocenters. The Morgan fingerprint density at radius 3 is 2.50 bits per heavy atom. The molecule has 4 nitrogen and oxygen atoms in total. The standard InChI is InChI=1S/C15H16FN3O/c16-12-7-5-11(6-8-12)9-10-18-15(20)19-14-4-2-1-3-13(14)17/h1-8H,9-10,17H2,(H2,18,19,20). The van der Waals surface area contributed by atoms with Gasteiger partial charge in [-0.05, 0) is 36.2 Å². The van der Waals surface area contributed by atoms with Gasteiger partial charge in [0.05, 0.1) is 11.4 Å². The Morgan fingerprint density at radius 1 is 1.10 bits per heavy atom. The zero-order chi connectivity index (χ0) is 14.4. The predicted octanol–water partition coefficient (Wildman–Crippen LogP) is 2.77. The fraction of sp³-hybridized carbons (Fsp3) is 0.133. The van der Waals surface area contributed by atoms with Crippen LogP contribution in [0.3, 0.4) is 0 Å². The van der Waals surface area contributed by atoms with Crippen LogP contribution in [0.5, 0.6) is 0 Å². The van der Waals surface area contributed by atoms with Crippen LogP contribution < -0.4 is 16.4 Å². The van der Waals surface area contributed by atoms with Gasteiger partial charge >= 0.3 is 6.03 Å². The number of carbonyl (C=O) groups is 1. The summed E-state index contributed by atoms with van der Waals surface area (Å²) in [5, 5.41) is 5.39. The maximum Gasteiger partial charge on any atom is 0.319 e. The first-order valence-corrected chi connectivity index (χ1v) is 6.29. The van der Waals surface area contributed by atoms with E-state index < -0.39 is 0 Å². The lowest BCUT2D eigenvalue weighted by Crippen LogP contribution is -2.30. The molecule has 0 aliphatic rings. The maximum atomic E-state index is 12.7. The number of nitrogens with two attached hydrogens (primary N) is 1. The van der Waals surface area contributed by atoms with Crippen molar-refractivity contribution in [1.29, 1.82) is 0 Å². The van der Waals surface area contributed by atoms with Crippen LogP contribution in [0.2, 0.25) is 0 Å². The molecule has 0 spiro atoms. The molecule has 0 radical (unpaired) electrons. The normalized spacial score (nSPS) is 10.1. The van der Waals surface area contributed by atoms with Gasteiger partial charge in [0.25, 0.3) is 0 Å². The SMILES string of the molecule is Nc1ccccc1NC(=O)NCCc1ccc(F)cc1. The van der Waals surface area contributed by atoms with Crippen LogP contribution >= 0.6 is 0 Å². The van der Waals surface area contributed by atoms with Gasteiger partial charge in [-0.25, -0.2) is 9.18 Å². The minimum absolute atomic E-state index is 0.265. The summed E-state index contributed by atoms with van der Waals surface area (Å²) in [6.45, 7) is 0.463. The van der Waals surface area contributed by atoms with E-state index in [9.17, 15) is 9.18 Å². The number of nitrogens with one attached hydrogen (secondary N) is 2. The van der Waals surface area contributed by atoms with Gasteiger partial charge in [-0.3, -0.25) is 0 Å². The molecule has 2 aromatic carbocycles. The number of benzene rings is 2. The van der Waals surface area contributed by atoms with Crippen LogP contribution in [0, 0.1) is 5.82 Å². The van der Waals surface area contributed by atoms with Crippen molar-refractivity contribution in [3.63, 3.8) is 0 Å². The zero-order valence-corrected chi connectivity index (χ0v) is 10.9. The lowest BCUT2D eigenvalue weighted by atomic mass is 10.1. The Kier molecular flexibility index (Phi) is 4.55. The van der Waals surface area contributed by atoms with E-state index in [0.717, 1.165) is 5.56 Å². The van der Waals surface area contributed by atoms with Gasteiger partial charge in [0, 0.05) is 6.54 Å². The largest absolute Gasteiger partial charge is 0.397 e. The quantitative estimate of drug-likeness (QED) is 0.750. The molecule has 0 saturated heterocycles. The lowest BCUT2D eigenvalue weighted by molar-refractivity contribution is 0.252. The van der Waals surface area contributed by atoms with Crippen LogP contribution in [-0.2, 0) is 6.42 Å². The van der Waals surface area contributed by atoms with Gasteiger partial charge in [-0.1, -0.05) is 24.3 Å². The molecule has 0 heterocycles. The number of para-hydroxylation sites is 2. The third-order valence-corrected chi connectivity index (χ3v) is 2.82. The van der Waals surface area contributed by atoms with Gasteiger partial charge in [0.15, 0.2) is 0 Å². The Bertz CT molecular complexity index is 584. The Labute approximate surface area is 116 Å². The number of urea groups is 1. The molecule has 0 aliphatic heterocycles. The van der Waals surface area contributed by atoms with E-state index >= 15 is 0 Å². The second-order valence-electron chi connectivity index (χ2n) is 4.34. The summed E-state index contributed by atoms with van der Waals surface area (Å²) >= 11 is 0. The number of hydrogen-bond acceptors (Lipinski definition) is 2. The topological polar surface area (TPSA) is 67.1 Å². The van der Waals surface area contributed by atoms with Crippen molar-refractivity contribution in [3.05, 3.63) is 59.9 Å². The molecule has 0 aromatic heterocycles. The second kappa shape index (κ2) is 6.56. The molecule has 0 bridgehead atoms. The van der Waals surface area contributed by atoms with Crippen molar-refractivity contribution in [1.82, 2.24) is 5.32 Å². The molecule has 104 valence electrons. The number of halogens is 1. The van der Waals surface area contributed by atoms with Gasteiger partial charge in [-0.2, -0.15) is 0 Å². The summed E-state index contributed by atoms with van der Waals surface area (Å²) in [5.41, 5.74) is 7.78. The fourth-order valence-electron chi connectivity index (χ4n) is 1.75. The van der Waals surface area contributed by atoms with Crippen molar-refractivity contribution in [2.45, 2.75) is 6.42 Å². The monoisotopic (exact) mass is 273 g/mol. The molecule has 4 N–H and O–H groups in total. The molecule has 0 unspecified atom stereocenters. The summed E-state index contributed by atoms with van der Waals surface area (Å²) in [7, 11) is 0. The van der Waals surface area contributed by atoms with Crippen LogP contribution in [0.4, 0.5) is 20.6 Å². The number of hydrogen-bond donors (Lipinski definition) is 3. The molecule has 0 fully saturated rings. The number of carbonyl (C=O) groups excluding carboxylic acids is 1. The molecule has 20 heavy (non-hydrogen) atoms. The smallest absolute Gasteiger partial charge is 0.319 e. The minimum Gasteiger partial charge on any atom is -0.397 e. The molecule has 2 amide bonds. The van der Waals surface area contributed by atoms with Crippen LogP contribution in [0.1, 0.15) is 5.56 Å². The molecular formula is C15H16FN3O. The average molecular weight is 273 g/mol. The highest BCUT2D eigenvalue weighted by molar-refractivity contribution is 5.92. The third-order valence-electron chi connectivity index (χ3n) is 2.82. The first-order chi connectivity index (χ1) is 9.65. The van der Waals surface area contributed by atoms with Crippen molar-refractivity contribution in [2.75, 3.05) is 17.6 Å². The molecular weight excluding hydrogens is 257 g/mol. The van der Waals surface area contributed by atoms with Gasteiger partial charge in [-0.15, -0.1) is 0 Å². The average Bonchev–Trinajstić information content (AvgIpc) is 2.44. The second-order valence-corrected chi connectivity index (χ2v) is 4.34. The van der Waals surface area contributed by atoms with E-state index in [1.165, 1.54) is 12.1 Å². The van der Waals surface area contributed by atoms with E-state index in [1.807, 2.05) is 0 Å². The van der Waals surface area contributed by atoms with Gasteiger partial charge < -0.3 is 16.4 Å². The van der Waals surface area contributed by atoms with E-state index in [-0.39, 0.29) is 11.8 Å². The first-order valence-electron chi connectivity index (χ1n) is 6.29. The molecule has 5 heteroatoms. The van der Waals surface area contributed by atoms with Crippen molar-refractivity contribution >= 4 is 17.4 Å². The van der Waals surface area contributed by atoms with E-state index in [0.29, 0.717) is 24.3 Å². The number of anilines is 2. The highest BCUT2D eigenvalue weighted by Gasteiger charge is 2.03. The number of rotatable bonds is 4. The minimum atomic E-state index is -0.315. The highest BCUT2D eigenvalue weighted by atomic mass is 19.1. The summed E-state index contributed by atoms with van der Waals surface area (Å²) in [5.74, 6) is -0.265. The predicted molar refractivity (Wildman–Crippen MR) is 78.0 cm³/mol. The van der Waals surface area contributed by atoms with E-state index in [2.05, 4.69) is 10.6 Å². The van der Waals surface area contributed by atoms with E-state index in [4.69, 9.17) is 5.73 Å². The highest BCUT2D eigenvalue weighted by Crippen LogP contribution is 2.16. The number of amides is 2. The Morgan fingerprint density at radius 2 is 1.80 bits per heavy atom. The summed E-state index contributed by atoms with van der Waals surface area (Å²) in [6.07, 6.45) is 0.637. The number of nitrogen functional groups attached to an aromatic ring is 1.